The van der Waals surface area contributed by atoms with Gasteiger partial charge in [0.15, 0.2) is 17.0 Å². The van der Waals surface area contributed by atoms with Crippen LogP contribution in [0.25, 0.3) is 11.2 Å². The minimum atomic E-state index is 0.382. The summed E-state index contributed by atoms with van der Waals surface area (Å²) in [6.07, 6.45) is 2.50. The molecule has 2 N–H and O–H groups in total. The zero-order chi connectivity index (χ0) is 13.2. The van der Waals surface area contributed by atoms with Crippen LogP contribution in [-0.4, -0.2) is 39.3 Å². The molecule has 0 bridgehead atoms. The van der Waals surface area contributed by atoms with Crippen LogP contribution in [0, 0.1) is 5.92 Å². The highest BCUT2D eigenvalue weighted by Crippen LogP contribution is 2.25. The first kappa shape index (κ1) is 12.2. The first-order chi connectivity index (χ1) is 9.29. The molecule has 1 saturated heterocycles. The van der Waals surface area contributed by atoms with E-state index in [0.717, 1.165) is 31.8 Å². The Morgan fingerprint density at radius 2 is 2.42 bits per heavy atom. The SMILES string of the molecule is CCOc1nc2c(N)ncnc2n1CC1CCOC1. The molecule has 2 aromatic heterocycles. The summed E-state index contributed by atoms with van der Waals surface area (Å²) in [5, 5.41) is 0. The second kappa shape index (κ2) is 5.00. The fraction of sp³-hybridized carbons (Fsp3) is 0.583. The molecular formula is C12H17N5O2. The van der Waals surface area contributed by atoms with E-state index in [1.807, 2.05) is 11.5 Å². The fourth-order valence-corrected chi connectivity index (χ4v) is 2.32. The summed E-state index contributed by atoms with van der Waals surface area (Å²) in [4.78, 5) is 12.6. The minimum Gasteiger partial charge on any atom is -0.465 e. The van der Waals surface area contributed by atoms with E-state index in [2.05, 4.69) is 15.0 Å². The molecule has 3 heterocycles. The molecular weight excluding hydrogens is 246 g/mol. The van der Waals surface area contributed by atoms with Crippen molar-refractivity contribution >= 4 is 17.0 Å². The molecule has 0 spiro atoms. The third-order valence-corrected chi connectivity index (χ3v) is 3.26. The van der Waals surface area contributed by atoms with Crippen molar-refractivity contribution in [3.8, 4) is 6.01 Å². The van der Waals surface area contributed by atoms with E-state index < -0.39 is 0 Å². The van der Waals surface area contributed by atoms with Crippen molar-refractivity contribution in [2.75, 3.05) is 25.6 Å². The molecule has 0 radical (unpaired) electrons. The van der Waals surface area contributed by atoms with Crippen LogP contribution in [-0.2, 0) is 11.3 Å². The average Bonchev–Trinajstić information content (AvgIpc) is 3.01. The molecule has 19 heavy (non-hydrogen) atoms. The molecule has 102 valence electrons. The fourth-order valence-electron chi connectivity index (χ4n) is 2.32. The van der Waals surface area contributed by atoms with Gasteiger partial charge in [0.1, 0.15) is 6.33 Å². The lowest BCUT2D eigenvalue weighted by molar-refractivity contribution is 0.181. The van der Waals surface area contributed by atoms with Gasteiger partial charge in [0.05, 0.1) is 13.2 Å². The number of aromatic nitrogens is 4. The van der Waals surface area contributed by atoms with Gasteiger partial charge < -0.3 is 15.2 Å². The summed E-state index contributed by atoms with van der Waals surface area (Å²) in [6.45, 7) is 4.85. The lowest BCUT2D eigenvalue weighted by Crippen LogP contribution is -2.13. The van der Waals surface area contributed by atoms with E-state index in [-0.39, 0.29) is 0 Å². The van der Waals surface area contributed by atoms with E-state index in [1.54, 1.807) is 0 Å². The lowest BCUT2D eigenvalue weighted by atomic mass is 10.1. The molecule has 3 rings (SSSR count). The molecule has 1 aliphatic heterocycles. The smallest absolute Gasteiger partial charge is 0.298 e. The lowest BCUT2D eigenvalue weighted by Gasteiger charge is -2.12. The number of rotatable bonds is 4. The summed E-state index contributed by atoms with van der Waals surface area (Å²) in [5.41, 5.74) is 7.16. The first-order valence-electron chi connectivity index (χ1n) is 6.46. The summed E-state index contributed by atoms with van der Waals surface area (Å²) in [5.74, 6) is 0.847. The molecule has 0 amide bonds. The van der Waals surface area contributed by atoms with Gasteiger partial charge in [-0.25, -0.2) is 9.97 Å². The average molecular weight is 263 g/mol. The number of hydrogen-bond donors (Lipinski definition) is 1. The van der Waals surface area contributed by atoms with Crippen molar-refractivity contribution < 1.29 is 9.47 Å². The zero-order valence-electron chi connectivity index (χ0n) is 10.9. The zero-order valence-corrected chi connectivity index (χ0v) is 10.9. The second-order valence-electron chi connectivity index (χ2n) is 4.60. The van der Waals surface area contributed by atoms with Crippen molar-refractivity contribution in [3.63, 3.8) is 0 Å². The molecule has 1 fully saturated rings. The van der Waals surface area contributed by atoms with E-state index in [0.29, 0.717) is 29.9 Å². The monoisotopic (exact) mass is 263 g/mol. The number of fused-ring (bicyclic) bond motifs is 1. The van der Waals surface area contributed by atoms with Crippen LogP contribution < -0.4 is 10.5 Å². The van der Waals surface area contributed by atoms with Gasteiger partial charge in [-0.15, -0.1) is 0 Å². The second-order valence-corrected chi connectivity index (χ2v) is 4.60. The topological polar surface area (TPSA) is 88.1 Å². The Hall–Kier alpha value is -1.89. The predicted molar refractivity (Wildman–Crippen MR) is 69.8 cm³/mol. The third kappa shape index (κ3) is 2.21. The quantitative estimate of drug-likeness (QED) is 0.879. The first-order valence-corrected chi connectivity index (χ1v) is 6.46. The maximum atomic E-state index is 5.84. The summed E-state index contributed by atoms with van der Waals surface area (Å²) in [7, 11) is 0. The molecule has 1 atom stereocenters. The number of imidazole rings is 1. The summed E-state index contributed by atoms with van der Waals surface area (Å²) in [6, 6.07) is 0.552. The Kier molecular flexibility index (Phi) is 3.20. The Balaban J connectivity index is 2.02. The van der Waals surface area contributed by atoms with Gasteiger partial charge in [-0.1, -0.05) is 0 Å². The van der Waals surface area contributed by atoms with Crippen molar-refractivity contribution in [1.82, 2.24) is 19.5 Å². The van der Waals surface area contributed by atoms with Gasteiger partial charge in [0.25, 0.3) is 6.01 Å². The van der Waals surface area contributed by atoms with Gasteiger partial charge in [0, 0.05) is 19.1 Å². The van der Waals surface area contributed by atoms with Crippen molar-refractivity contribution in [2.24, 2.45) is 5.92 Å². The molecule has 2 aromatic rings. The Morgan fingerprint density at radius 3 is 3.16 bits per heavy atom. The van der Waals surface area contributed by atoms with Crippen molar-refractivity contribution in [3.05, 3.63) is 6.33 Å². The molecule has 7 nitrogen and oxygen atoms in total. The number of nitrogen functional groups attached to an aromatic ring is 1. The van der Waals surface area contributed by atoms with Gasteiger partial charge >= 0.3 is 0 Å². The normalized spacial score (nSPS) is 19.1. The van der Waals surface area contributed by atoms with E-state index in [1.165, 1.54) is 6.33 Å². The van der Waals surface area contributed by atoms with Crippen LogP contribution in [0.3, 0.4) is 0 Å². The van der Waals surface area contributed by atoms with Crippen molar-refractivity contribution in [2.45, 2.75) is 19.9 Å². The van der Waals surface area contributed by atoms with E-state index >= 15 is 0 Å². The van der Waals surface area contributed by atoms with Gasteiger partial charge in [-0.05, 0) is 13.3 Å². The maximum Gasteiger partial charge on any atom is 0.298 e. The predicted octanol–water partition coefficient (Wildman–Crippen LogP) is 0.844. The van der Waals surface area contributed by atoms with Crippen LogP contribution in [0.1, 0.15) is 13.3 Å². The Morgan fingerprint density at radius 1 is 1.53 bits per heavy atom. The molecule has 0 aliphatic carbocycles. The molecule has 0 aromatic carbocycles. The van der Waals surface area contributed by atoms with Gasteiger partial charge in [-0.2, -0.15) is 4.98 Å². The number of nitrogens with two attached hydrogens (primary N) is 1. The van der Waals surface area contributed by atoms with Gasteiger partial charge in [-0.3, -0.25) is 4.57 Å². The summed E-state index contributed by atoms with van der Waals surface area (Å²) >= 11 is 0. The largest absolute Gasteiger partial charge is 0.465 e. The number of nitrogens with zero attached hydrogens (tertiary/aromatic N) is 4. The third-order valence-electron chi connectivity index (χ3n) is 3.26. The van der Waals surface area contributed by atoms with E-state index in [9.17, 15) is 0 Å². The number of ether oxygens (including phenoxy) is 2. The molecule has 1 aliphatic rings. The van der Waals surface area contributed by atoms with Crippen LogP contribution in [0.15, 0.2) is 6.33 Å². The number of hydrogen-bond acceptors (Lipinski definition) is 6. The van der Waals surface area contributed by atoms with E-state index in [4.69, 9.17) is 15.2 Å². The standard InChI is InChI=1S/C12H17N5O2/c1-2-19-12-16-9-10(13)14-7-15-11(9)17(12)5-8-3-4-18-6-8/h7-8H,2-6H2,1H3,(H2,13,14,15). The van der Waals surface area contributed by atoms with Gasteiger partial charge in [0.2, 0.25) is 0 Å². The van der Waals surface area contributed by atoms with Crippen LogP contribution in [0.5, 0.6) is 6.01 Å². The highest BCUT2D eigenvalue weighted by molar-refractivity contribution is 5.82. The number of anilines is 1. The Labute approximate surface area is 110 Å². The minimum absolute atomic E-state index is 0.382. The molecule has 7 heteroatoms. The maximum absolute atomic E-state index is 5.84. The van der Waals surface area contributed by atoms with Crippen LogP contribution in [0.4, 0.5) is 5.82 Å². The molecule has 0 saturated carbocycles. The summed E-state index contributed by atoms with van der Waals surface area (Å²) < 4.78 is 13.0. The van der Waals surface area contributed by atoms with Crippen LogP contribution >= 0.6 is 0 Å². The van der Waals surface area contributed by atoms with Crippen LogP contribution in [0.2, 0.25) is 0 Å². The highest BCUT2D eigenvalue weighted by Gasteiger charge is 2.22. The highest BCUT2D eigenvalue weighted by atomic mass is 16.5. The van der Waals surface area contributed by atoms with Crippen molar-refractivity contribution in [1.29, 1.82) is 0 Å². The Bertz CT molecular complexity index is 577. The molecule has 1 unspecified atom stereocenters.